The van der Waals surface area contributed by atoms with E-state index in [9.17, 15) is 29.3 Å². The number of nitro groups is 1. The van der Waals surface area contributed by atoms with Gasteiger partial charge in [-0.2, -0.15) is 0 Å². The SMILES string of the molecule is Cc1ccc([N+](=O)[O-])cc1N1C(=O)[C@@H]2[C@H]3CCCN3C3(C(=O)c4ccccc4C3=O)[C@@H]2C1=O. The van der Waals surface area contributed by atoms with Crippen molar-refractivity contribution in [1.29, 1.82) is 0 Å². The van der Waals surface area contributed by atoms with Crippen LogP contribution < -0.4 is 4.90 Å². The second kappa shape index (κ2) is 6.41. The van der Waals surface area contributed by atoms with Crippen LogP contribution >= 0.6 is 0 Å². The smallest absolute Gasteiger partial charge is 0.271 e. The second-order valence-corrected chi connectivity index (χ2v) is 9.12. The fourth-order valence-electron chi connectivity index (χ4n) is 6.43. The number of aryl methyl sites for hydroxylation is 1. The van der Waals surface area contributed by atoms with Crippen molar-refractivity contribution in [3.05, 3.63) is 69.3 Å². The first kappa shape index (κ1) is 19.9. The van der Waals surface area contributed by atoms with E-state index in [-0.39, 0.29) is 22.5 Å². The van der Waals surface area contributed by atoms with Crippen LogP contribution in [0.2, 0.25) is 0 Å². The minimum atomic E-state index is -1.73. The van der Waals surface area contributed by atoms with Gasteiger partial charge in [-0.1, -0.05) is 30.3 Å². The summed E-state index contributed by atoms with van der Waals surface area (Å²) in [6.45, 7) is 2.12. The van der Waals surface area contributed by atoms with E-state index in [1.807, 2.05) is 0 Å². The van der Waals surface area contributed by atoms with Gasteiger partial charge in [-0.05, 0) is 31.9 Å². The number of amides is 2. The van der Waals surface area contributed by atoms with Crippen molar-refractivity contribution in [3.63, 3.8) is 0 Å². The lowest BCUT2D eigenvalue weighted by atomic mass is 9.76. The van der Waals surface area contributed by atoms with Gasteiger partial charge in [0.1, 0.15) is 0 Å². The molecule has 9 nitrogen and oxygen atoms in total. The van der Waals surface area contributed by atoms with Crippen LogP contribution in [0.3, 0.4) is 0 Å². The van der Waals surface area contributed by atoms with E-state index in [1.54, 1.807) is 36.1 Å². The molecule has 3 aliphatic heterocycles. The summed E-state index contributed by atoms with van der Waals surface area (Å²) in [5.41, 5.74) is -0.773. The standard InChI is InChI=1S/C24H19N3O6/c1-12-8-9-13(27(32)33)11-17(12)26-22(30)18-16-7-4-10-25(16)24(19(18)23(26)31)20(28)14-5-2-3-6-15(14)21(24)29/h2-3,5-6,8-9,11,16,18-19H,4,7,10H2,1H3/t16-,18-,19+/m1/s1. The number of hydrogen-bond acceptors (Lipinski definition) is 7. The molecule has 0 bridgehead atoms. The molecule has 2 amide bonds. The van der Waals surface area contributed by atoms with Crippen LogP contribution in [0.25, 0.3) is 0 Å². The molecule has 2 aromatic rings. The Morgan fingerprint density at radius 3 is 2.30 bits per heavy atom. The highest BCUT2D eigenvalue weighted by Gasteiger charge is 2.76. The highest BCUT2D eigenvalue weighted by molar-refractivity contribution is 6.37. The fraction of sp³-hybridized carbons (Fsp3) is 0.333. The van der Waals surface area contributed by atoms with Crippen molar-refractivity contribution >= 4 is 34.8 Å². The van der Waals surface area contributed by atoms with Gasteiger partial charge in [-0.3, -0.25) is 34.2 Å². The molecule has 9 heteroatoms. The summed E-state index contributed by atoms with van der Waals surface area (Å²) in [5.74, 6) is -4.00. The molecule has 166 valence electrons. The number of hydrogen-bond donors (Lipinski definition) is 0. The summed E-state index contributed by atoms with van der Waals surface area (Å²) in [7, 11) is 0. The van der Waals surface area contributed by atoms with Gasteiger partial charge in [0.2, 0.25) is 11.8 Å². The molecule has 3 heterocycles. The average Bonchev–Trinajstić information content (AvgIpc) is 3.49. The second-order valence-electron chi connectivity index (χ2n) is 9.12. The third kappa shape index (κ3) is 2.20. The number of anilines is 1. The largest absolute Gasteiger partial charge is 0.291 e. The predicted molar refractivity (Wildman–Crippen MR) is 115 cm³/mol. The minimum Gasteiger partial charge on any atom is -0.291 e. The maximum atomic E-state index is 13.9. The number of benzene rings is 2. The number of fused-ring (bicyclic) bond motifs is 6. The molecule has 0 radical (unpaired) electrons. The maximum absolute atomic E-state index is 13.9. The first-order valence-electron chi connectivity index (χ1n) is 10.9. The van der Waals surface area contributed by atoms with Gasteiger partial charge in [0.05, 0.1) is 22.4 Å². The Morgan fingerprint density at radius 2 is 1.67 bits per heavy atom. The molecule has 4 aliphatic rings. The minimum absolute atomic E-state index is 0.128. The normalized spacial score (nSPS) is 27.4. The molecular weight excluding hydrogens is 426 g/mol. The Bertz CT molecular complexity index is 1280. The van der Waals surface area contributed by atoms with E-state index in [0.717, 1.165) is 4.90 Å². The molecule has 0 saturated carbocycles. The topological polar surface area (TPSA) is 118 Å². The van der Waals surface area contributed by atoms with Gasteiger partial charge in [0.25, 0.3) is 5.69 Å². The highest BCUT2D eigenvalue weighted by Crippen LogP contribution is 2.57. The fourth-order valence-corrected chi connectivity index (χ4v) is 6.43. The highest BCUT2D eigenvalue weighted by atomic mass is 16.6. The number of carbonyl (C=O) groups excluding carboxylic acids is 4. The zero-order chi connectivity index (χ0) is 23.2. The van der Waals surface area contributed by atoms with Crippen LogP contribution in [0.4, 0.5) is 11.4 Å². The van der Waals surface area contributed by atoms with E-state index in [2.05, 4.69) is 0 Å². The lowest BCUT2D eigenvalue weighted by Gasteiger charge is -2.35. The number of Topliss-reactive ketones (excluding diaryl/α,β-unsaturated/α-hetero) is 2. The van der Waals surface area contributed by atoms with Crippen LogP contribution in [0.5, 0.6) is 0 Å². The van der Waals surface area contributed by atoms with Gasteiger partial charge < -0.3 is 0 Å². The van der Waals surface area contributed by atoms with Crippen LogP contribution in [-0.2, 0) is 9.59 Å². The van der Waals surface area contributed by atoms with Crippen molar-refractivity contribution in [3.8, 4) is 0 Å². The summed E-state index contributed by atoms with van der Waals surface area (Å²) in [6.07, 6.45) is 1.31. The lowest BCUT2D eigenvalue weighted by molar-refractivity contribution is -0.384. The van der Waals surface area contributed by atoms with Gasteiger partial charge in [-0.15, -0.1) is 0 Å². The molecule has 0 unspecified atom stereocenters. The summed E-state index contributed by atoms with van der Waals surface area (Å²) in [4.78, 5) is 68.6. The third-order valence-electron chi connectivity index (χ3n) is 7.72. The molecule has 3 atom stereocenters. The number of carbonyl (C=O) groups is 4. The van der Waals surface area contributed by atoms with Crippen molar-refractivity contribution in [2.75, 3.05) is 11.4 Å². The van der Waals surface area contributed by atoms with E-state index < -0.39 is 51.7 Å². The Labute approximate surface area is 188 Å². The van der Waals surface area contributed by atoms with Gasteiger partial charge >= 0.3 is 0 Å². The van der Waals surface area contributed by atoms with Crippen molar-refractivity contribution in [1.82, 2.24) is 4.90 Å². The van der Waals surface area contributed by atoms with Crippen molar-refractivity contribution in [2.45, 2.75) is 31.3 Å². The van der Waals surface area contributed by atoms with Crippen LogP contribution in [0, 0.1) is 28.9 Å². The van der Waals surface area contributed by atoms with Crippen molar-refractivity contribution in [2.24, 2.45) is 11.8 Å². The molecule has 1 spiro atoms. The monoisotopic (exact) mass is 445 g/mol. The van der Waals surface area contributed by atoms with E-state index >= 15 is 0 Å². The summed E-state index contributed by atoms with van der Waals surface area (Å²) < 4.78 is 0. The Morgan fingerprint density at radius 1 is 1.00 bits per heavy atom. The molecule has 33 heavy (non-hydrogen) atoms. The number of nitro benzene ring substituents is 1. The third-order valence-corrected chi connectivity index (χ3v) is 7.72. The van der Waals surface area contributed by atoms with Crippen molar-refractivity contribution < 1.29 is 24.1 Å². The van der Waals surface area contributed by atoms with Crippen LogP contribution in [0.1, 0.15) is 39.1 Å². The van der Waals surface area contributed by atoms with Gasteiger partial charge in [0.15, 0.2) is 17.1 Å². The maximum Gasteiger partial charge on any atom is 0.271 e. The predicted octanol–water partition coefficient (Wildman–Crippen LogP) is 2.30. The van der Waals surface area contributed by atoms with Gasteiger partial charge in [-0.25, -0.2) is 4.90 Å². The van der Waals surface area contributed by atoms with Gasteiger partial charge in [0, 0.05) is 29.3 Å². The number of imide groups is 1. The Balaban J connectivity index is 1.54. The summed E-state index contributed by atoms with van der Waals surface area (Å²) in [6, 6.07) is 10.1. The Hall–Kier alpha value is -3.72. The molecular formula is C24H19N3O6. The molecule has 3 fully saturated rings. The lowest BCUT2D eigenvalue weighted by Crippen LogP contribution is -2.59. The summed E-state index contributed by atoms with van der Waals surface area (Å²) >= 11 is 0. The molecule has 2 aromatic carbocycles. The molecule has 1 aliphatic carbocycles. The molecule has 6 rings (SSSR count). The molecule has 0 N–H and O–H groups in total. The quantitative estimate of drug-likeness (QED) is 0.301. The zero-order valence-corrected chi connectivity index (χ0v) is 17.7. The first-order chi connectivity index (χ1) is 15.8. The Kier molecular flexibility index (Phi) is 3.87. The molecule has 3 saturated heterocycles. The number of non-ortho nitro benzene ring substituents is 1. The summed E-state index contributed by atoms with van der Waals surface area (Å²) in [5, 5.41) is 11.3. The number of rotatable bonds is 2. The van der Waals surface area contributed by atoms with E-state index in [0.29, 0.717) is 24.9 Å². The average molecular weight is 445 g/mol. The molecule has 0 aromatic heterocycles. The van der Waals surface area contributed by atoms with Crippen LogP contribution in [-0.4, -0.2) is 51.3 Å². The zero-order valence-electron chi connectivity index (χ0n) is 17.7. The number of ketones is 2. The van der Waals surface area contributed by atoms with Crippen LogP contribution in [0.15, 0.2) is 42.5 Å². The van der Waals surface area contributed by atoms with E-state index in [1.165, 1.54) is 18.2 Å². The number of nitrogens with zero attached hydrogens (tertiary/aromatic N) is 3. The van der Waals surface area contributed by atoms with E-state index in [4.69, 9.17) is 0 Å². The first-order valence-corrected chi connectivity index (χ1v) is 10.9.